The Morgan fingerprint density at radius 2 is 2.05 bits per heavy atom. The average molecular weight is 260 g/mol. The fourth-order valence-electron chi connectivity index (χ4n) is 2.97. The fraction of sp³-hybridized carbons (Fsp3) is 0.647. The third-order valence-electron chi connectivity index (χ3n) is 4.35. The molecule has 1 aliphatic rings. The molecule has 1 aromatic carbocycles. The first-order valence-electron chi connectivity index (χ1n) is 7.79. The van der Waals surface area contributed by atoms with Gasteiger partial charge in [0.25, 0.3) is 0 Å². The Morgan fingerprint density at radius 1 is 1.26 bits per heavy atom. The van der Waals surface area contributed by atoms with Gasteiger partial charge in [0.2, 0.25) is 0 Å². The van der Waals surface area contributed by atoms with E-state index in [4.69, 9.17) is 0 Å². The Morgan fingerprint density at radius 3 is 2.84 bits per heavy atom. The van der Waals surface area contributed by atoms with Gasteiger partial charge < -0.3 is 10.2 Å². The van der Waals surface area contributed by atoms with Crippen molar-refractivity contribution in [3.63, 3.8) is 0 Å². The first-order chi connectivity index (χ1) is 9.24. The van der Waals surface area contributed by atoms with E-state index >= 15 is 0 Å². The summed E-state index contributed by atoms with van der Waals surface area (Å²) in [5.74, 6) is 0.678. The molecule has 0 fully saturated rings. The number of nitrogens with one attached hydrogen (secondary N) is 1. The number of hydrogen-bond acceptors (Lipinski definition) is 2. The van der Waals surface area contributed by atoms with Crippen LogP contribution in [0.3, 0.4) is 0 Å². The van der Waals surface area contributed by atoms with Gasteiger partial charge in [0.05, 0.1) is 0 Å². The maximum Gasteiger partial charge on any atom is 0.0401 e. The zero-order valence-corrected chi connectivity index (χ0v) is 12.7. The molecule has 0 radical (unpaired) electrons. The van der Waals surface area contributed by atoms with Crippen molar-refractivity contribution >= 4 is 5.69 Å². The molecule has 0 aromatic heterocycles. The molecule has 2 unspecified atom stereocenters. The van der Waals surface area contributed by atoms with Crippen LogP contribution in [0.15, 0.2) is 24.3 Å². The summed E-state index contributed by atoms with van der Waals surface area (Å²) in [7, 11) is 0. The van der Waals surface area contributed by atoms with E-state index in [0.29, 0.717) is 12.0 Å². The van der Waals surface area contributed by atoms with Gasteiger partial charge in [-0.05, 0) is 56.8 Å². The Hall–Kier alpha value is -1.02. The molecule has 1 heterocycles. The van der Waals surface area contributed by atoms with Crippen LogP contribution < -0.4 is 10.2 Å². The number of anilines is 1. The first-order valence-corrected chi connectivity index (χ1v) is 7.79. The lowest BCUT2D eigenvalue weighted by molar-refractivity contribution is 0.414. The quantitative estimate of drug-likeness (QED) is 0.788. The second kappa shape index (κ2) is 6.95. The molecular weight excluding hydrogens is 232 g/mol. The molecule has 1 aliphatic heterocycles. The first kappa shape index (κ1) is 14.4. The van der Waals surface area contributed by atoms with Crippen LogP contribution in [0.4, 0.5) is 5.69 Å². The Labute approximate surface area is 118 Å². The van der Waals surface area contributed by atoms with Crippen molar-refractivity contribution < 1.29 is 0 Å². The number of hydrogen-bond donors (Lipinski definition) is 1. The second-order valence-corrected chi connectivity index (χ2v) is 5.85. The number of fused-ring (bicyclic) bond motifs is 1. The Kier molecular flexibility index (Phi) is 5.26. The lowest BCUT2D eigenvalue weighted by atomic mass is 9.95. The van der Waals surface area contributed by atoms with Crippen LogP contribution >= 0.6 is 0 Å². The molecule has 1 aromatic rings. The van der Waals surface area contributed by atoms with Gasteiger partial charge in [-0.1, -0.05) is 32.0 Å². The van der Waals surface area contributed by atoms with Gasteiger partial charge in [-0.25, -0.2) is 0 Å². The fourth-order valence-corrected chi connectivity index (χ4v) is 2.97. The van der Waals surface area contributed by atoms with Gasteiger partial charge in [0.15, 0.2) is 0 Å². The van der Waals surface area contributed by atoms with Crippen molar-refractivity contribution in [2.45, 2.75) is 46.1 Å². The van der Waals surface area contributed by atoms with E-state index in [2.05, 4.69) is 55.3 Å². The molecule has 0 aliphatic carbocycles. The maximum absolute atomic E-state index is 3.55. The van der Waals surface area contributed by atoms with Gasteiger partial charge in [-0.15, -0.1) is 0 Å². The molecule has 0 bridgehead atoms. The second-order valence-electron chi connectivity index (χ2n) is 5.85. The molecule has 2 heteroatoms. The number of rotatable bonds is 6. The third-order valence-corrected chi connectivity index (χ3v) is 4.35. The number of para-hydroxylation sites is 1. The minimum atomic E-state index is 0.603. The predicted octanol–water partition coefficient (Wildman–Crippen LogP) is 3.46. The van der Waals surface area contributed by atoms with Crippen molar-refractivity contribution in [1.82, 2.24) is 5.32 Å². The van der Waals surface area contributed by atoms with E-state index in [0.717, 1.165) is 13.1 Å². The van der Waals surface area contributed by atoms with Crippen molar-refractivity contribution in [2.75, 3.05) is 24.5 Å². The van der Waals surface area contributed by atoms with Crippen LogP contribution in [0, 0.1) is 5.92 Å². The van der Waals surface area contributed by atoms with E-state index in [9.17, 15) is 0 Å². The molecule has 0 amide bonds. The van der Waals surface area contributed by atoms with E-state index in [-0.39, 0.29) is 0 Å². The van der Waals surface area contributed by atoms with E-state index in [1.165, 1.54) is 37.1 Å². The molecule has 2 rings (SSSR count). The van der Waals surface area contributed by atoms with Gasteiger partial charge in [-0.3, -0.25) is 0 Å². The summed E-state index contributed by atoms with van der Waals surface area (Å²) in [5.41, 5.74) is 2.98. The molecule has 0 spiro atoms. The lowest BCUT2D eigenvalue weighted by Gasteiger charge is -2.39. The van der Waals surface area contributed by atoms with Crippen molar-refractivity contribution in [3.05, 3.63) is 29.8 Å². The van der Waals surface area contributed by atoms with Crippen LogP contribution in [0.1, 0.15) is 39.2 Å². The number of aryl methyl sites for hydroxylation is 1. The number of benzene rings is 1. The Bertz CT molecular complexity index is 389. The summed E-state index contributed by atoms with van der Waals surface area (Å²) in [6, 6.07) is 9.51. The SMILES string of the molecule is CCCNCC(C)C(C)N1CCCc2ccccc21. The van der Waals surface area contributed by atoms with Crippen LogP contribution in [0.2, 0.25) is 0 Å². The zero-order valence-electron chi connectivity index (χ0n) is 12.7. The van der Waals surface area contributed by atoms with Crippen LogP contribution in [0.5, 0.6) is 0 Å². The monoisotopic (exact) mass is 260 g/mol. The van der Waals surface area contributed by atoms with Gasteiger partial charge in [-0.2, -0.15) is 0 Å². The predicted molar refractivity (Wildman–Crippen MR) is 83.9 cm³/mol. The van der Waals surface area contributed by atoms with E-state index < -0.39 is 0 Å². The van der Waals surface area contributed by atoms with E-state index in [1.54, 1.807) is 0 Å². The van der Waals surface area contributed by atoms with Gasteiger partial charge in [0, 0.05) is 18.3 Å². The van der Waals surface area contributed by atoms with Crippen LogP contribution in [0.25, 0.3) is 0 Å². The molecule has 106 valence electrons. The van der Waals surface area contributed by atoms with Crippen molar-refractivity contribution in [2.24, 2.45) is 5.92 Å². The average Bonchev–Trinajstić information content (AvgIpc) is 2.46. The molecule has 2 atom stereocenters. The minimum Gasteiger partial charge on any atom is -0.368 e. The lowest BCUT2D eigenvalue weighted by Crippen LogP contribution is -2.43. The maximum atomic E-state index is 3.55. The normalized spacial score (nSPS) is 17.9. The summed E-state index contributed by atoms with van der Waals surface area (Å²) >= 11 is 0. The van der Waals surface area contributed by atoms with Crippen LogP contribution in [-0.4, -0.2) is 25.7 Å². The highest BCUT2D eigenvalue weighted by molar-refractivity contribution is 5.56. The zero-order chi connectivity index (χ0) is 13.7. The van der Waals surface area contributed by atoms with Crippen LogP contribution in [-0.2, 0) is 6.42 Å². The molecule has 0 saturated carbocycles. The summed E-state index contributed by atoms with van der Waals surface area (Å²) in [5, 5.41) is 3.55. The highest BCUT2D eigenvalue weighted by atomic mass is 15.2. The van der Waals surface area contributed by atoms with Gasteiger partial charge in [0.1, 0.15) is 0 Å². The molecule has 1 N–H and O–H groups in total. The highest BCUT2D eigenvalue weighted by Gasteiger charge is 2.24. The molecule has 2 nitrogen and oxygen atoms in total. The minimum absolute atomic E-state index is 0.603. The van der Waals surface area contributed by atoms with Crippen molar-refractivity contribution in [1.29, 1.82) is 0 Å². The molecular formula is C17H28N2. The summed E-state index contributed by atoms with van der Waals surface area (Å²) < 4.78 is 0. The molecule has 19 heavy (non-hydrogen) atoms. The topological polar surface area (TPSA) is 15.3 Å². The summed E-state index contributed by atoms with van der Waals surface area (Å²) in [4.78, 5) is 2.61. The largest absolute Gasteiger partial charge is 0.368 e. The standard InChI is InChI=1S/C17H28N2/c1-4-11-18-13-14(2)15(3)19-12-7-9-16-8-5-6-10-17(16)19/h5-6,8,10,14-15,18H,4,7,9,11-13H2,1-3H3. The van der Waals surface area contributed by atoms with Crippen molar-refractivity contribution in [3.8, 4) is 0 Å². The third kappa shape index (κ3) is 3.50. The highest BCUT2D eigenvalue weighted by Crippen LogP contribution is 2.30. The smallest absolute Gasteiger partial charge is 0.0401 e. The Balaban J connectivity index is 2.01. The molecule has 0 saturated heterocycles. The van der Waals surface area contributed by atoms with Gasteiger partial charge >= 0.3 is 0 Å². The van der Waals surface area contributed by atoms with E-state index in [1.807, 2.05) is 0 Å². The summed E-state index contributed by atoms with van der Waals surface area (Å²) in [6.45, 7) is 10.4. The summed E-state index contributed by atoms with van der Waals surface area (Å²) in [6.07, 6.45) is 3.74. The number of nitrogens with zero attached hydrogens (tertiary/aromatic N) is 1.